The number of fused-ring (bicyclic) bond motifs is 1. The van der Waals surface area contributed by atoms with Gasteiger partial charge in [-0.1, -0.05) is 11.6 Å². The highest BCUT2D eigenvalue weighted by atomic mass is 35.5. The highest BCUT2D eigenvalue weighted by Gasteiger charge is 2.34. The first-order valence-corrected chi connectivity index (χ1v) is 7.75. The van der Waals surface area contributed by atoms with Crippen LogP contribution in [0.25, 0.3) is 5.52 Å². The standard InChI is InChI=1S/C16H17ClF2N2O/c17-13-2-1-8-21-9-5-12(14(13)21)15(22)20-10-11-3-6-16(18,19)7-4-11/h1-2,5,8-9,11H,3-4,6-7,10H2,(H,20,22). The minimum atomic E-state index is -2.54. The van der Waals surface area contributed by atoms with Crippen LogP contribution in [0, 0.1) is 5.92 Å². The Hall–Kier alpha value is -1.62. The normalized spacial score (nSPS) is 18.5. The van der Waals surface area contributed by atoms with Gasteiger partial charge >= 0.3 is 0 Å². The van der Waals surface area contributed by atoms with Crippen molar-refractivity contribution in [1.29, 1.82) is 0 Å². The lowest BCUT2D eigenvalue weighted by atomic mass is 9.87. The molecule has 0 saturated heterocycles. The molecule has 1 amide bonds. The third-order valence-electron chi connectivity index (χ3n) is 4.26. The van der Waals surface area contributed by atoms with Crippen LogP contribution in [-0.2, 0) is 0 Å². The van der Waals surface area contributed by atoms with Gasteiger partial charge < -0.3 is 9.72 Å². The van der Waals surface area contributed by atoms with Gasteiger partial charge in [-0.2, -0.15) is 0 Å². The summed E-state index contributed by atoms with van der Waals surface area (Å²) >= 11 is 6.14. The van der Waals surface area contributed by atoms with E-state index in [1.54, 1.807) is 28.8 Å². The fraction of sp³-hybridized carbons (Fsp3) is 0.438. The number of alkyl halides is 2. The van der Waals surface area contributed by atoms with Crippen molar-refractivity contribution in [2.24, 2.45) is 5.92 Å². The van der Waals surface area contributed by atoms with E-state index in [1.165, 1.54) is 0 Å². The largest absolute Gasteiger partial charge is 0.352 e. The molecule has 1 fully saturated rings. The van der Waals surface area contributed by atoms with Gasteiger partial charge in [-0.15, -0.1) is 0 Å². The second-order valence-electron chi connectivity index (χ2n) is 5.85. The fourth-order valence-electron chi connectivity index (χ4n) is 2.94. The third kappa shape index (κ3) is 3.09. The monoisotopic (exact) mass is 326 g/mol. The van der Waals surface area contributed by atoms with Gasteiger partial charge in [0.2, 0.25) is 5.92 Å². The minimum absolute atomic E-state index is 0.0888. The molecule has 0 bridgehead atoms. The molecule has 0 spiro atoms. The molecule has 118 valence electrons. The molecule has 2 aromatic rings. The number of hydrogen-bond donors (Lipinski definition) is 1. The second-order valence-corrected chi connectivity index (χ2v) is 6.26. The lowest BCUT2D eigenvalue weighted by Crippen LogP contribution is -2.33. The van der Waals surface area contributed by atoms with Crippen LogP contribution in [0.15, 0.2) is 30.6 Å². The molecule has 0 radical (unpaired) electrons. The summed E-state index contributed by atoms with van der Waals surface area (Å²) in [5, 5.41) is 3.35. The van der Waals surface area contributed by atoms with Crippen LogP contribution in [0.3, 0.4) is 0 Å². The number of rotatable bonds is 3. The van der Waals surface area contributed by atoms with E-state index in [4.69, 9.17) is 11.6 Å². The summed E-state index contributed by atoms with van der Waals surface area (Å²) in [6.07, 6.45) is 4.32. The molecule has 3 nitrogen and oxygen atoms in total. The first-order valence-electron chi connectivity index (χ1n) is 7.37. The van der Waals surface area contributed by atoms with Gasteiger partial charge in [0.15, 0.2) is 0 Å². The molecular formula is C16H17ClF2N2O. The van der Waals surface area contributed by atoms with Crippen molar-refractivity contribution >= 4 is 23.0 Å². The van der Waals surface area contributed by atoms with E-state index in [2.05, 4.69) is 5.32 Å². The zero-order valence-electron chi connectivity index (χ0n) is 12.0. The molecule has 1 aliphatic rings. The van der Waals surface area contributed by atoms with Crippen LogP contribution in [0.2, 0.25) is 5.02 Å². The van der Waals surface area contributed by atoms with Crippen molar-refractivity contribution in [1.82, 2.24) is 9.72 Å². The third-order valence-corrected chi connectivity index (χ3v) is 4.57. The summed E-state index contributed by atoms with van der Waals surface area (Å²) in [7, 11) is 0. The molecule has 1 N–H and O–H groups in total. The number of hydrogen-bond acceptors (Lipinski definition) is 1. The van der Waals surface area contributed by atoms with E-state index in [0.717, 1.165) is 0 Å². The summed E-state index contributed by atoms with van der Waals surface area (Å²) < 4.78 is 28.0. The summed E-state index contributed by atoms with van der Waals surface area (Å²) in [6, 6.07) is 5.25. The van der Waals surface area contributed by atoms with Gasteiger partial charge in [-0.05, 0) is 37.0 Å². The van der Waals surface area contributed by atoms with Crippen molar-refractivity contribution in [3.05, 3.63) is 41.2 Å². The number of carbonyl (C=O) groups excluding carboxylic acids is 1. The van der Waals surface area contributed by atoms with Gasteiger partial charge in [0, 0.05) is 31.8 Å². The van der Waals surface area contributed by atoms with Gasteiger partial charge in [0.05, 0.1) is 16.1 Å². The molecule has 6 heteroatoms. The maximum absolute atomic E-state index is 13.1. The number of aromatic nitrogens is 1. The Balaban J connectivity index is 1.65. The zero-order chi connectivity index (χ0) is 15.7. The van der Waals surface area contributed by atoms with Crippen molar-refractivity contribution in [2.75, 3.05) is 6.54 Å². The Morgan fingerprint density at radius 1 is 1.32 bits per heavy atom. The van der Waals surface area contributed by atoms with Crippen molar-refractivity contribution in [3.8, 4) is 0 Å². The molecule has 22 heavy (non-hydrogen) atoms. The quantitative estimate of drug-likeness (QED) is 0.903. The maximum atomic E-state index is 13.1. The maximum Gasteiger partial charge on any atom is 0.253 e. The smallest absolute Gasteiger partial charge is 0.253 e. The highest BCUT2D eigenvalue weighted by Crippen LogP contribution is 2.35. The summed E-state index contributed by atoms with van der Waals surface area (Å²) in [4.78, 5) is 12.3. The molecule has 1 saturated carbocycles. The number of carbonyl (C=O) groups is 1. The average molecular weight is 327 g/mol. The summed E-state index contributed by atoms with van der Waals surface area (Å²) in [5.41, 5.74) is 1.17. The average Bonchev–Trinajstić information content (AvgIpc) is 2.91. The van der Waals surface area contributed by atoms with Crippen LogP contribution in [0.5, 0.6) is 0 Å². The minimum Gasteiger partial charge on any atom is -0.352 e. The molecule has 0 atom stereocenters. The predicted molar refractivity (Wildman–Crippen MR) is 81.6 cm³/mol. The Kier molecular flexibility index (Phi) is 4.08. The molecular weight excluding hydrogens is 310 g/mol. The molecule has 2 aromatic heterocycles. The molecule has 2 heterocycles. The fourth-order valence-corrected chi connectivity index (χ4v) is 3.21. The highest BCUT2D eigenvalue weighted by molar-refractivity contribution is 6.34. The van der Waals surface area contributed by atoms with Crippen LogP contribution < -0.4 is 5.32 Å². The Bertz CT molecular complexity index is 689. The number of nitrogens with one attached hydrogen (secondary N) is 1. The molecule has 1 aliphatic carbocycles. The number of amides is 1. The van der Waals surface area contributed by atoms with Gasteiger partial charge in [0.1, 0.15) is 0 Å². The van der Waals surface area contributed by atoms with Gasteiger partial charge in [-0.3, -0.25) is 4.79 Å². The molecule has 3 rings (SSSR count). The lowest BCUT2D eigenvalue weighted by Gasteiger charge is -2.28. The summed E-state index contributed by atoms with van der Waals surface area (Å²) in [5.74, 6) is -2.63. The van der Waals surface area contributed by atoms with E-state index < -0.39 is 5.92 Å². The van der Waals surface area contributed by atoms with Crippen LogP contribution in [0.1, 0.15) is 36.0 Å². The Labute approximate surface area is 132 Å². The van der Waals surface area contributed by atoms with Crippen molar-refractivity contribution < 1.29 is 13.6 Å². The van der Waals surface area contributed by atoms with Crippen LogP contribution in [0.4, 0.5) is 8.78 Å². The van der Waals surface area contributed by atoms with Crippen LogP contribution >= 0.6 is 11.6 Å². The Morgan fingerprint density at radius 2 is 2.05 bits per heavy atom. The van der Waals surface area contributed by atoms with E-state index in [0.29, 0.717) is 35.5 Å². The first-order chi connectivity index (χ1) is 10.5. The molecule has 0 aromatic carbocycles. The van der Waals surface area contributed by atoms with Crippen molar-refractivity contribution in [2.45, 2.75) is 31.6 Å². The Morgan fingerprint density at radius 3 is 2.77 bits per heavy atom. The number of nitrogens with zero attached hydrogens (tertiary/aromatic N) is 1. The van der Waals surface area contributed by atoms with E-state index in [-0.39, 0.29) is 24.7 Å². The second kappa shape index (κ2) is 5.88. The molecule has 0 unspecified atom stereocenters. The number of pyridine rings is 1. The van der Waals surface area contributed by atoms with Crippen molar-refractivity contribution in [3.63, 3.8) is 0 Å². The van der Waals surface area contributed by atoms with Gasteiger partial charge in [0.25, 0.3) is 5.91 Å². The topological polar surface area (TPSA) is 33.5 Å². The van der Waals surface area contributed by atoms with Crippen LogP contribution in [-0.4, -0.2) is 22.8 Å². The van der Waals surface area contributed by atoms with E-state index >= 15 is 0 Å². The SMILES string of the molecule is O=C(NCC1CCC(F)(F)CC1)c1ccn2cccc(Cl)c12. The molecule has 0 aliphatic heterocycles. The van der Waals surface area contributed by atoms with E-state index in [1.807, 2.05) is 6.20 Å². The lowest BCUT2D eigenvalue weighted by molar-refractivity contribution is -0.0452. The number of halogens is 3. The summed E-state index contributed by atoms with van der Waals surface area (Å²) in [6.45, 7) is 0.427. The van der Waals surface area contributed by atoms with Gasteiger partial charge in [-0.25, -0.2) is 8.78 Å². The predicted octanol–water partition coefficient (Wildman–Crippen LogP) is 4.15. The van der Waals surface area contributed by atoms with E-state index in [9.17, 15) is 13.6 Å². The first kappa shape index (κ1) is 15.3. The zero-order valence-corrected chi connectivity index (χ0v) is 12.7.